The molecule has 2 N–H and O–H groups in total. The molecule has 2 nitrogen and oxygen atoms in total. The first-order valence-electron chi connectivity index (χ1n) is 5.29. The van der Waals surface area contributed by atoms with E-state index in [0.29, 0.717) is 11.7 Å². The largest absolute Gasteiger partial charge is 0.494 e. The topological polar surface area (TPSA) is 35.2 Å². The van der Waals surface area contributed by atoms with Gasteiger partial charge in [0.05, 0.1) is 7.11 Å². The van der Waals surface area contributed by atoms with Gasteiger partial charge in [0, 0.05) is 6.04 Å². The number of benzene rings is 1. The molecule has 2 atom stereocenters. The molecule has 0 heterocycles. The van der Waals surface area contributed by atoms with Gasteiger partial charge in [-0.3, -0.25) is 0 Å². The second-order valence-electron chi connectivity index (χ2n) is 4.14. The van der Waals surface area contributed by atoms with Crippen molar-refractivity contribution < 1.29 is 9.13 Å². The molecule has 2 rings (SSSR count). The summed E-state index contributed by atoms with van der Waals surface area (Å²) in [6.07, 6.45) is 2.90. The molecule has 1 saturated carbocycles. The van der Waals surface area contributed by atoms with E-state index in [1.165, 1.54) is 7.11 Å². The summed E-state index contributed by atoms with van der Waals surface area (Å²) >= 11 is 0. The molecule has 3 heteroatoms. The predicted molar refractivity (Wildman–Crippen MR) is 57.4 cm³/mol. The summed E-state index contributed by atoms with van der Waals surface area (Å²) in [7, 11) is 1.48. The first-order chi connectivity index (χ1) is 7.22. The lowest BCUT2D eigenvalue weighted by Crippen LogP contribution is -2.40. The third-order valence-electron chi connectivity index (χ3n) is 3.22. The molecule has 1 aliphatic carbocycles. The van der Waals surface area contributed by atoms with Gasteiger partial charge in [0.1, 0.15) is 0 Å². The van der Waals surface area contributed by atoms with E-state index in [1.54, 1.807) is 6.07 Å². The molecule has 82 valence electrons. The standard InChI is InChI=1S/C12H16FNO/c1-15-11-4-2-3-9(12(11)13)7-8-5-6-10(8)14/h2-4,8,10H,5-7,14H2,1H3. The van der Waals surface area contributed by atoms with Crippen molar-refractivity contribution >= 4 is 0 Å². The summed E-state index contributed by atoms with van der Waals surface area (Å²) in [5, 5.41) is 0. The minimum absolute atomic E-state index is 0.237. The van der Waals surface area contributed by atoms with Crippen LogP contribution in [0, 0.1) is 11.7 Å². The summed E-state index contributed by atoms with van der Waals surface area (Å²) in [5.41, 5.74) is 6.55. The van der Waals surface area contributed by atoms with Gasteiger partial charge in [-0.1, -0.05) is 12.1 Å². The van der Waals surface area contributed by atoms with Crippen LogP contribution >= 0.6 is 0 Å². The molecular formula is C12H16FNO. The van der Waals surface area contributed by atoms with Crippen LogP contribution in [0.25, 0.3) is 0 Å². The molecule has 0 spiro atoms. The molecule has 1 aliphatic rings. The maximum Gasteiger partial charge on any atom is 0.168 e. The van der Waals surface area contributed by atoms with Crippen LogP contribution < -0.4 is 10.5 Å². The molecule has 0 saturated heterocycles. The minimum Gasteiger partial charge on any atom is -0.494 e. The highest BCUT2D eigenvalue weighted by Gasteiger charge is 2.28. The monoisotopic (exact) mass is 209 g/mol. The zero-order chi connectivity index (χ0) is 10.8. The highest BCUT2D eigenvalue weighted by atomic mass is 19.1. The number of hydrogen-bond acceptors (Lipinski definition) is 2. The summed E-state index contributed by atoms with van der Waals surface area (Å²) in [4.78, 5) is 0. The molecule has 0 aromatic heterocycles. The average Bonchev–Trinajstić information content (AvgIpc) is 2.25. The van der Waals surface area contributed by atoms with Gasteiger partial charge < -0.3 is 10.5 Å². The zero-order valence-corrected chi connectivity index (χ0v) is 8.87. The Hall–Kier alpha value is -1.09. The Balaban J connectivity index is 2.13. The lowest BCUT2D eigenvalue weighted by molar-refractivity contribution is 0.253. The first kappa shape index (κ1) is 10.4. The Kier molecular flexibility index (Phi) is 2.91. The Morgan fingerprint density at radius 3 is 2.80 bits per heavy atom. The van der Waals surface area contributed by atoms with E-state index in [9.17, 15) is 4.39 Å². The van der Waals surface area contributed by atoms with Crippen molar-refractivity contribution in [1.29, 1.82) is 0 Å². The Morgan fingerprint density at radius 1 is 1.47 bits per heavy atom. The van der Waals surface area contributed by atoms with Crippen molar-refractivity contribution in [1.82, 2.24) is 0 Å². The van der Waals surface area contributed by atoms with Gasteiger partial charge in [0.15, 0.2) is 11.6 Å². The Morgan fingerprint density at radius 2 is 2.27 bits per heavy atom. The van der Waals surface area contributed by atoms with Crippen LogP contribution in [0.2, 0.25) is 0 Å². The third-order valence-corrected chi connectivity index (χ3v) is 3.22. The first-order valence-corrected chi connectivity index (χ1v) is 5.29. The highest BCUT2D eigenvalue weighted by molar-refractivity contribution is 5.31. The van der Waals surface area contributed by atoms with Gasteiger partial charge in [-0.05, 0) is 36.8 Å². The average molecular weight is 209 g/mol. The molecule has 15 heavy (non-hydrogen) atoms. The van der Waals surface area contributed by atoms with E-state index in [0.717, 1.165) is 24.8 Å². The number of hydrogen-bond donors (Lipinski definition) is 1. The number of nitrogens with two attached hydrogens (primary N) is 1. The number of methoxy groups -OCH3 is 1. The van der Waals surface area contributed by atoms with E-state index >= 15 is 0 Å². The molecule has 1 fully saturated rings. The second kappa shape index (κ2) is 4.19. The zero-order valence-electron chi connectivity index (χ0n) is 8.87. The predicted octanol–water partition coefficient (Wildman–Crippen LogP) is 2.11. The van der Waals surface area contributed by atoms with Crippen molar-refractivity contribution in [2.45, 2.75) is 25.3 Å². The van der Waals surface area contributed by atoms with Crippen LogP contribution in [0.5, 0.6) is 5.75 Å². The lowest BCUT2D eigenvalue weighted by atomic mass is 9.76. The molecule has 0 amide bonds. The summed E-state index contributed by atoms with van der Waals surface area (Å²) in [6, 6.07) is 5.51. The van der Waals surface area contributed by atoms with Gasteiger partial charge in [-0.15, -0.1) is 0 Å². The van der Waals surface area contributed by atoms with E-state index in [1.807, 2.05) is 12.1 Å². The van der Waals surface area contributed by atoms with Gasteiger partial charge in [0.25, 0.3) is 0 Å². The quantitative estimate of drug-likeness (QED) is 0.827. The lowest BCUT2D eigenvalue weighted by Gasteiger charge is -2.33. The summed E-state index contributed by atoms with van der Waals surface area (Å²) < 4.78 is 18.7. The maximum absolute atomic E-state index is 13.8. The van der Waals surface area contributed by atoms with Crippen molar-refractivity contribution in [3.63, 3.8) is 0 Å². The van der Waals surface area contributed by atoms with Crippen molar-refractivity contribution in [2.24, 2.45) is 11.7 Å². The van der Waals surface area contributed by atoms with E-state index in [-0.39, 0.29) is 11.9 Å². The van der Waals surface area contributed by atoms with Crippen molar-refractivity contribution in [3.8, 4) is 5.75 Å². The normalized spacial score (nSPS) is 24.7. The molecule has 1 aromatic carbocycles. The molecule has 0 aliphatic heterocycles. The van der Waals surface area contributed by atoms with Crippen LogP contribution in [-0.2, 0) is 6.42 Å². The fourth-order valence-electron chi connectivity index (χ4n) is 2.00. The second-order valence-corrected chi connectivity index (χ2v) is 4.14. The van der Waals surface area contributed by atoms with E-state index < -0.39 is 0 Å². The van der Waals surface area contributed by atoms with Crippen LogP contribution in [0.1, 0.15) is 18.4 Å². The third kappa shape index (κ3) is 1.97. The highest BCUT2D eigenvalue weighted by Crippen LogP contribution is 2.31. The van der Waals surface area contributed by atoms with Gasteiger partial charge >= 0.3 is 0 Å². The fourth-order valence-corrected chi connectivity index (χ4v) is 2.00. The summed E-state index contributed by atoms with van der Waals surface area (Å²) in [6.45, 7) is 0. The molecular weight excluding hydrogens is 193 g/mol. The Bertz CT molecular complexity index is 353. The molecule has 2 unspecified atom stereocenters. The minimum atomic E-state index is -0.237. The van der Waals surface area contributed by atoms with Gasteiger partial charge in [-0.2, -0.15) is 0 Å². The molecule has 0 radical (unpaired) electrons. The Labute approximate surface area is 89.2 Å². The van der Waals surface area contributed by atoms with Crippen molar-refractivity contribution in [3.05, 3.63) is 29.6 Å². The van der Waals surface area contributed by atoms with Crippen LogP contribution in [0.3, 0.4) is 0 Å². The maximum atomic E-state index is 13.8. The number of ether oxygens (including phenoxy) is 1. The van der Waals surface area contributed by atoms with Crippen LogP contribution in [0.4, 0.5) is 4.39 Å². The van der Waals surface area contributed by atoms with Crippen LogP contribution in [0.15, 0.2) is 18.2 Å². The fraction of sp³-hybridized carbons (Fsp3) is 0.500. The van der Waals surface area contributed by atoms with E-state index in [4.69, 9.17) is 10.5 Å². The van der Waals surface area contributed by atoms with Gasteiger partial charge in [-0.25, -0.2) is 4.39 Å². The summed E-state index contributed by atoms with van der Waals surface area (Å²) in [5.74, 6) is 0.520. The number of halogens is 1. The smallest absolute Gasteiger partial charge is 0.168 e. The molecule has 1 aromatic rings. The van der Waals surface area contributed by atoms with Crippen LogP contribution in [-0.4, -0.2) is 13.2 Å². The van der Waals surface area contributed by atoms with Crippen molar-refractivity contribution in [2.75, 3.05) is 7.11 Å². The molecule has 0 bridgehead atoms. The van der Waals surface area contributed by atoms with E-state index in [2.05, 4.69) is 0 Å². The number of rotatable bonds is 3. The van der Waals surface area contributed by atoms with Gasteiger partial charge in [0.2, 0.25) is 0 Å². The SMILES string of the molecule is COc1cccc(CC2CCC2N)c1F.